The number of hydrogen-bond donors (Lipinski definition) is 2. The highest BCUT2D eigenvalue weighted by Gasteiger charge is 1.98. The molecule has 0 saturated carbocycles. The Balaban J connectivity index is 3.30. The van der Waals surface area contributed by atoms with Crippen molar-refractivity contribution in [3.8, 4) is 0 Å². The van der Waals surface area contributed by atoms with Gasteiger partial charge >= 0.3 is 0 Å². The van der Waals surface area contributed by atoms with E-state index < -0.39 is 0 Å². The first kappa shape index (κ1) is 9.88. The molecule has 0 unspecified atom stereocenters. The fraction of sp³-hybridized carbons (Fsp3) is 0.857. The first-order valence-corrected chi connectivity index (χ1v) is 3.77. The van der Waals surface area contributed by atoms with E-state index in [-0.39, 0.29) is 0 Å². The van der Waals surface area contributed by atoms with Crippen molar-refractivity contribution >= 4 is 0 Å². The van der Waals surface area contributed by atoms with Crippen molar-refractivity contribution in [1.82, 2.24) is 4.90 Å². The molecule has 0 aromatic rings. The van der Waals surface area contributed by atoms with Gasteiger partial charge in [-0.05, 0) is 13.0 Å². The van der Waals surface area contributed by atoms with Crippen molar-refractivity contribution in [2.45, 2.75) is 6.42 Å². The summed E-state index contributed by atoms with van der Waals surface area (Å²) in [7, 11) is 0. The van der Waals surface area contributed by atoms with Crippen LogP contribution in [-0.2, 0) is 0 Å². The van der Waals surface area contributed by atoms with E-state index >= 15 is 0 Å². The standard InChI is InChI=1S/C7H18N3/c1-2-5-10(6-3-8)7-4-9/h1-9H2. The van der Waals surface area contributed by atoms with Gasteiger partial charge < -0.3 is 16.4 Å². The van der Waals surface area contributed by atoms with Crippen molar-refractivity contribution in [2.75, 3.05) is 32.7 Å². The summed E-state index contributed by atoms with van der Waals surface area (Å²) in [5.41, 5.74) is 10.8. The summed E-state index contributed by atoms with van der Waals surface area (Å²) in [6.45, 7) is 8.07. The van der Waals surface area contributed by atoms with Gasteiger partial charge in [0.1, 0.15) is 0 Å². The lowest BCUT2D eigenvalue weighted by Crippen LogP contribution is -2.34. The molecule has 0 atom stereocenters. The molecule has 61 valence electrons. The minimum absolute atomic E-state index is 0.708. The van der Waals surface area contributed by atoms with E-state index in [2.05, 4.69) is 11.8 Å². The third-order valence-electron chi connectivity index (χ3n) is 1.36. The van der Waals surface area contributed by atoms with E-state index in [1.54, 1.807) is 0 Å². The van der Waals surface area contributed by atoms with Crippen molar-refractivity contribution in [3.05, 3.63) is 6.92 Å². The third kappa shape index (κ3) is 4.73. The summed E-state index contributed by atoms with van der Waals surface area (Å²) in [6, 6.07) is 0. The van der Waals surface area contributed by atoms with E-state index in [1.165, 1.54) is 0 Å². The van der Waals surface area contributed by atoms with E-state index in [0.717, 1.165) is 26.1 Å². The Morgan fingerprint density at radius 2 is 1.50 bits per heavy atom. The van der Waals surface area contributed by atoms with Crippen molar-refractivity contribution in [2.24, 2.45) is 11.5 Å². The second kappa shape index (κ2) is 6.99. The SMILES string of the molecule is [CH2]CCN(CCN)CCN. The Hall–Kier alpha value is -0.120. The maximum absolute atomic E-state index is 5.39. The summed E-state index contributed by atoms with van der Waals surface area (Å²) in [6.07, 6.45) is 0.931. The lowest BCUT2D eigenvalue weighted by molar-refractivity contribution is 0.294. The van der Waals surface area contributed by atoms with Crippen molar-refractivity contribution < 1.29 is 0 Å². The topological polar surface area (TPSA) is 55.3 Å². The van der Waals surface area contributed by atoms with Crippen LogP contribution in [0.4, 0.5) is 0 Å². The van der Waals surface area contributed by atoms with Crippen LogP contribution < -0.4 is 11.5 Å². The van der Waals surface area contributed by atoms with Crippen LogP contribution in [0.25, 0.3) is 0 Å². The van der Waals surface area contributed by atoms with Crippen LogP contribution in [-0.4, -0.2) is 37.6 Å². The summed E-state index contributed by atoms with van der Waals surface area (Å²) < 4.78 is 0. The maximum Gasteiger partial charge on any atom is 0.0105 e. The Kier molecular flexibility index (Phi) is 6.91. The molecule has 0 bridgehead atoms. The Morgan fingerprint density at radius 3 is 1.80 bits per heavy atom. The molecule has 0 aromatic heterocycles. The van der Waals surface area contributed by atoms with E-state index in [1.807, 2.05) is 0 Å². The number of rotatable bonds is 6. The van der Waals surface area contributed by atoms with Crippen LogP contribution in [0.2, 0.25) is 0 Å². The largest absolute Gasteiger partial charge is 0.329 e. The minimum Gasteiger partial charge on any atom is -0.329 e. The van der Waals surface area contributed by atoms with Crippen molar-refractivity contribution in [3.63, 3.8) is 0 Å². The van der Waals surface area contributed by atoms with Crippen LogP contribution in [0.15, 0.2) is 0 Å². The number of hydrogen-bond acceptors (Lipinski definition) is 3. The Labute approximate surface area is 63.4 Å². The zero-order chi connectivity index (χ0) is 7.82. The Morgan fingerprint density at radius 1 is 1.00 bits per heavy atom. The molecule has 0 saturated heterocycles. The predicted octanol–water partition coefficient (Wildman–Crippen LogP) is -0.570. The molecule has 0 heterocycles. The summed E-state index contributed by atoms with van der Waals surface area (Å²) in [5, 5.41) is 0. The lowest BCUT2D eigenvalue weighted by atomic mass is 10.4. The molecule has 0 spiro atoms. The molecule has 0 aromatic carbocycles. The van der Waals surface area contributed by atoms with Crippen LogP contribution in [0.1, 0.15) is 6.42 Å². The highest BCUT2D eigenvalue weighted by atomic mass is 15.1. The molecule has 0 aliphatic rings. The second-order valence-corrected chi connectivity index (χ2v) is 2.27. The first-order chi connectivity index (χ1) is 4.85. The number of nitrogens with zero attached hydrogens (tertiary/aromatic N) is 1. The van der Waals surface area contributed by atoms with Gasteiger partial charge in [0.05, 0.1) is 0 Å². The average Bonchev–Trinajstić information content (AvgIpc) is 1.90. The van der Waals surface area contributed by atoms with E-state index in [4.69, 9.17) is 11.5 Å². The number of nitrogens with two attached hydrogens (primary N) is 2. The fourth-order valence-electron chi connectivity index (χ4n) is 0.924. The molecule has 0 amide bonds. The van der Waals surface area contributed by atoms with Crippen molar-refractivity contribution in [1.29, 1.82) is 0 Å². The normalized spacial score (nSPS) is 10.8. The van der Waals surface area contributed by atoms with Gasteiger partial charge in [-0.2, -0.15) is 0 Å². The average molecular weight is 144 g/mol. The summed E-state index contributed by atoms with van der Waals surface area (Å²) in [5.74, 6) is 0. The predicted molar refractivity (Wildman–Crippen MR) is 44.5 cm³/mol. The lowest BCUT2D eigenvalue weighted by Gasteiger charge is -2.19. The molecule has 0 aliphatic heterocycles. The molecular weight excluding hydrogens is 126 g/mol. The van der Waals surface area contributed by atoms with Crippen LogP contribution in [0.5, 0.6) is 0 Å². The first-order valence-electron chi connectivity index (χ1n) is 3.77. The Bertz CT molecular complexity index is 51.6. The van der Waals surface area contributed by atoms with Crippen LogP contribution >= 0.6 is 0 Å². The molecule has 3 nitrogen and oxygen atoms in total. The fourth-order valence-corrected chi connectivity index (χ4v) is 0.924. The second-order valence-electron chi connectivity index (χ2n) is 2.27. The van der Waals surface area contributed by atoms with Gasteiger partial charge in [0.2, 0.25) is 0 Å². The van der Waals surface area contributed by atoms with Crippen LogP contribution in [0, 0.1) is 6.92 Å². The van der Waals surface area contributed by atoms with E-state index in [9.17, 15) is 0 Å². The van der Waals surface area contributed by atoms with Gasteiger partial charge in [-0.25, -0.2) is 0 Å². The van der Waals surface area contributed by atoms with Gasteiger partial charge in [0.25, 0.3) is 0 Å². The van der Waals surface area contributed by atoms with Gasteiger partial charge in [0.15, 0.2) is 0 Å². The highest BCUT2D eigenvalue weighted by Crippen LogP contribution is 1.87. The third-order valence-corrected chi connectivity index (χ3v) is 1.36. The molecule has 3 heteroatoms. The summed E-state index contributed by atoms with van der Waals surface area (Å²) >= 11 is 0. The van der Waals surface area contributed by atoms with Gasteiger partial charge in [-0.15, -0.1) is 0 Å². The van der Waals surface area contributed by atoms with Crippen LogP contribution in [0.3, 0.4) is 0 Å². The maximum atomic E-state index is 5.39. The van der Waals surface area contributed by atoms with E-state index in [0.29, 0.717) is 13.1 Å². The smallest absolute Gasteiger partial charge is 0.0105 e. The van der Waals surface area contributed by atoms with Gasteiger partial charge in [0, 0.05) is 26.2 Å². The summed E-state index contributed by atoms with van der Waals surface area (Å²) in [4.78, 5) is 2.23. The quantitative estimate of drug-likeness (QED) is 0.525. The molecule has 10 heavy (non-hydrogen) atoms. The molecule has 0 aliphatic carbocycles. The molecular formula is C7H18N3. The monoisotopic (exact) mass is 144 g/mol. The highest BCUT2D eigenvalue weighted by molar-refractivity contribution is 4.58. The molecule has 0 rings (SSSR count). The van der Waals surface area contributed by atoms with Gasteiger partial charge in [-0.3, -0.25) is 0 Å². The minimum atomic E-state index is 0.708. The zero-order valence-electron chi connectivity index (χ0n) is 6.55. The molecule has 4 N–H and O–H groups in total. The van der Waals surface area contributed by atoms with Gasteiger partial charge in [-0.1, -0.05) is 6.92 Å². The molecule has 0 fully saturated rings. The molecule has 1 radical (unpaired) electrons. The zero-order valence-corrected chi connectivity index (χ0v) is 6.55.